The fourth-order valence-electron chi connectivity index (χ4n) is 4.14. The predicted molar refractivity (Wildman–Crippen MR) is 104 cm³/mol. The molecule has 1 aliphatic rings. The second kappa shape index (κ2) is 7.69. The van der Waals surface area contributed by atoms with Crippen LogP contribution >= 0.6 is 0 Å². The Hall–Kier alpha value is -2.40. The van der Waals surface area contributed by atoms with Crippen molar-refractivity contribution in [3.63, 3.8) is 0 Å². The molecule has 3 aromatic rings. The average molecular weight is 368 g/mol. The summed E-state index contributed by atoms with van der Waals surface area (Å²) in [4.78, 5) is 6.52. The van der Waals surface area contributed by atoms with Crippen LogP contribution in [0.5, 0.6) is 5.75 Å². The van der Waals surface area contributed by atoms with Gasteiger partial charge in [0.2, 0.25) is 0 Å². The van der Waals surface area contributed by atoms with Gasteiger partial charge < -0.3 is 14.1 Å². The zero-order chi connectivity index (χ0) is 18.8. The van der Waals surface area contributed by atoms with E-state index < -0.39 is 0 Å². The maximum Gasteiger partial charge on any atom is 0.181 e. The number of nitrogens with zero attached hydrogens (tertiary/aromatic N) is 2. The van der Waals surface area contributed by atoms with E-state index in [9.17, 15) is 4.39 Å². The van der Waals surface area contributed by atoms with Gasteiger partial charge in [0.15, 0.2) is 12.0 Å². The van der Waals surface area contributed by atoms with Crippen LogP contribution in [-0.2, 0) is 12.8 Å². The fourth-order valence-corrected chi connectivity index (χ4v) is 4.14. The minimum absolute atomic E-state index is 0.126. The Kier molecular flexibility index (Phi) is 5.12. The molecule has 1 atom stereocenters. The number of ether oxygens (including phenoxy) is 1. The fraction of sp³-hybridized carbons (Fsp3) is 0.409. The first-order valence-electron chi connectivity index (χ1n) is 9.51. The number of halogens is 1. The van der Waals surface area contributed by atoms with Crippen molar-refractivity contribution < 1.29 is 13.5 Å². The molecule has 0 radical (unpaired) electrons. The molecule has 1 aromatic heterocycles. The molecule has 0 bridgehead atoms. The summed E-state index contributed by atoms with van der Waals surface area (Å²) in [5.41, 5.74) is 4.94. The quantitative estimate of drug-likeness (QED) is 0.639. The summed E-state index contributed by atoms with van der Waals surface area (Å²) in [6, 6.07) is 9.65. The number of rotatable bonds is 6. The van der Waals surface area contributed by atoms with Crippen molar-refractivity contribution in [3.8, 4) is 5.75 Å². The predicted octanol–water partition coefficient (Wildman–Crippen LogP) is 4.57. The van der Waals surface area contributed by atoms with Crippen molar-refractivity contribution in [2.75, 3.05) is 27.2 Å². The number of methoxy groups -OCH3 is 1. The SMILES string of the molecule is COc1cc(F)c2c(c1)CCC[C@H]2CN(C)CCc1ccc2ocnc2c1. The van der Waals surface area contributed by atoms with Gasteiger partial charge in [0.1, 0.15) is 17.1 Å². The van der Waals surface area contributed by atoms with Gasteiger partial charge in [0.25, 0.3) is 0 Å². The van der Waals surface area contributed by atoms with Crippen molar-refractivity contribution >= 4 is 11.1 Å². The van der Waals surface area contributed by atoms with E-state index in [0.29, 0.717) is 5.75 Å². The van der Waals surface area contributed by atoms with Crippen LogP contribution in [0, 0.1) is 5.82 Å². The van der Waals surface area contributed by atoms with Crippen LogP contribution in [0.25, 0.3) is 11.1 Å². The number of oxazole rings is 1. The molecule has 142 valence electrons. The molecular formula is C22H25FN2O2. The zero-order valence-electron chi connectivity index (χ0n) is 15.9. The highest BCUT2D eigenvalue weighted by molar-refractivity contribution is 5.72. The third-order valence-electron chi connectivity index (χ3n) is 5.54. The van der Waals surface area contributed by atoms with Gasteiger partial charge in [-0.3, -0.25) is 0 Å². The lowest BCUT2D eigenvalue weighted by Crippen LogP contribution is -2.29. The highest BCUT2D eigenvalue weighted by Gasteiger charge is 2.25. The molecule has 1 heterocycles. The molecule has 5 heteroatoms. The zero-order valence-corrected chi connectivity index (χ0v) is 15.9. The van der Waals surface area contributed by atoms with Gasteiger partial charge >= 0.3 is 0 Å². The second-order valence-electron chi connectivity index (χ2n) is 7.44. The Bertz CT molecular complexity index is 937. The second-order valence-corrected chi connectivity index (χ2v) is 7.44. The number of aryl methyl sites for hydroxylation is 1. The number of likely N-dealkylation sites (N-methyl/N-ethyl adjacent to an activating group) is 1. The van der Waals surface area contributed by atoms with Crippen molar-refractivity contribution in [1.29, 1.82) is 0 Å². The number of hydrogen-bond acceptors (Lipinski definition) is 4. The standard InChI is InChI=1S/C22H25FN2O2/c1-25(9-8-15-6-7-21-20(10-15)24-14-27-21)13-17-5-3-4-16-11-18(26-2)12-19(23)22(16)17/h6-7,10-12,14,17H,3-5,8-9,13H2,1-2H3/t17-/m0/s1. The van der Waals surface area contributed by atoms with E-state index in [1.54, 1.807) is 7.11 Å². The third-order valence-corrected chi connectivity index (χ3v) is 5.54. The number of fused-ring (bicyclic) bond motifs is 2. The van der Waals surface area contributed by atoms with Gasteiger partial charge in [-0.2, -0.15) is 0 Å². The summed E-state index contributed by atoms with van der Waals surface area (Å²) < 4.78 is 25.2. The van der Waals surface area contributed by atoms with Crippen molar-refractivity contribution in [2.45, 2.75) is 31.6 Å². The molecule has 0 amide bonds. The van der Waals surface area contributed by atoms with E-state index in [1.165, 1.54) is 18.0 Å². The van der Waals surface area contributed by atoms with Gasteiger partial charge in [-0.1, -0.05) is 6.07 Å². The molecule has 0 aliphatic heterocycles. The van der Waals surface area contributed by atoms with Gasteiger partial charge in [-0.25, -0.2) is 9.37 Å². The van der Waals surface area contributed by atoms with E-state index in [2.05, 4.69) is 29.1 Å². The highest BCUT2D eigenvalue weighted by Crippen LogP contribution is 2.36. The summed E-state index contributed by atoms with van der Waals surface area (Å²) in [6.07, 6.45) is 5.47. The Morgan fingerprint density at radius 3 is 3.04 bits per heavy atom. The first-order valence-corrected chi connectivity index (χ1v) is 9.51. The largest absolute Gasteiger partial charge is 0.497 e. The molecular weight excluding hydrogens is 343 g/mol. The summed E-state index contributed by atoms with van der Waals surface area (Å²) in [5, 5.41) is 0. The maximum absolute atomic E-state index is 14.7. The van der Waals surface area contributed by atoms with Crippen LogP contribution in [0.4, 0.5) is 4.39 Å². The van der Waals surface area contributed by atoms with Crippen molar-refractivity contribution in [1.82, 2.24) is 9.88 Å². The Balaban J connectivity index is 1.42. The summed E-state index contributed by atoms with van der Waals surface area (Å²) in [5.74, 6) is 0.727. The molecule has 0 N–H and O–H groups in total. The molecule has 0 fully saturated rings. The van der Waals surface area contributed by atoms with Gasteiger partial charge in [-0.05, 0) is 73.5 Å². The van der Waals surface area contributed by atoms with Crippen LogP contribution in [0.1, 0.15) is 35.4 Å². The van der Waals surface area contributed by atoms with Crippen LogP contribution in [-0.4, -0.2) is 37.1 Å². The normalized spacial score (nSPS) is 16.7. The van der Waals surface area contributed by atoms with Crippen molar-refractivity contribution in [2.24, 2.45) is 0 Å². The van der Waals surface area contributed by atoms with Crippen LogP contribution in [0.2, 0.25) is 0 Å². The molecule has 0 spiro atoms. The number of aromatic nitrogens is 1. The molecule has 0 unspecified atom stereocenters. The highest BCUT2D eigenvalue weighted by atomic mass is 19.1. The molecule has 4 rings (SSSR count). The van der Waals surface area contributed by atoms with E-state index in [0.717, 1.165) is 61.0 Å². The first-order chi connectivity index (χ1) is 13.1. The van der Waals surface area contributed by atoms with E-state index in [4.69, 9.17) is 9.15 Å². The topological polar surface area (TPSA) is 38.5 Å². The monoisotopic (exact) mass is 368 g/mol. The number of benzene rings is 2. The summed E-state index contributed by atoms with van der Waals surface area (Å²) in [6.45, 7) is 1.79. The van der Waals surface area contributed by atoms with Crippen LogP contribution in [0.15, 0.2) is 41.1 Å². The van der Waals surface area contributed by atoms with E-state index >= 15 is 0 Å². The Morgan fingerprint density at radius 1 is 1.30 bits per heavy atom. The average Bonchev–Trinajstić information content (AvgIpc) is 3.14. The van der Waals surface area contributed by atoms with Gasteiger partial charge in [0.05, 0.1) is 7.11 Å². The smallest absolute Gasteiger partial charge is 0.181 e. The minimum atomic E-state index is -0.126. The lowest BCUT2D eigenvalue weighted by atomic mass is 9.82. The maximum atomic E-state index is 14.7. The minimum Gasteiger partial charge on any atom is -0.497 e. The van der Waals surface area contributed by atoms with Gasteiger partial charge in [-0.15, -0.1) is 0 Å². The van der Waals surface area contributed by atoms with Gasteiger partial charge in [0, 0.05) is 19.2 Å². The lowest BCUT2D eigenvalue weighted by Gasteiger charge is -2.30. The first kappa shape index (κ1) is 18.0. The summed E-state index contributed by atoms with van der Waals surface area (Å²) in [7, 11) is 3.70. The van der Waals surface area contributed by atoms with E-state index in [1.807, 2.05) is 12.1 Å². The molecule has 2 aromatic carbocycles. The van der Waals surface area contributed by atoms with Crippen LogP contribution < -0.4 is 4.74 Å². The lowest BCUT2D eigenvalue weighted by molar-refractivity contribution is 0.297. The Labute approximate surface area is 159 Å². The van der Waals surface area contributed by atoms with E-state index in [-0.39, 0.29) is 11.7 Å². The molecule has 27 heavy (non-hydrogen) atoms. The molecule has 4 nitrogen and oxygen atoms in total. The molecule has 0 saturated heterocycles. The van der Waals surface area contributed by atoms with Crippen molar-refractivity contribution in [3.05, 3.63) is 59.2 Å². The summed E-state index contributed by atoms with van der Waals surface area (Å²) >= 11 is 0. The Morgan fingerprint density at radius 2 is 2.19 bits per heavy atom. The number of hydrogen-bond donors (Lipinski definition) is 0. The third kappa shape index (κ3) is 3.83. The molecule has 0 saturated carbocycles. The van der Waals surface area contributed by atoms with Crippen LogP contribution in [0.3, 0.4) is 0 Å². The molecule has 1 aliphatic carbocycles.